The molecule has 0 radical (unpaired) electrons. The van der Waals surface area contributed by atoms with Crippen LogP contribution in [0.2, 0.25) is 15.1 Å². The van der Waals surface area contributed by atoms with Gasteiger partial charge in [0.1, 0.15) is 5.69 Å². The minimum Gasteiger partial charge on any atom is -0.237 e. The Hall–Kier alpha value is -1.48. The summed E-state index contributed by atoms with van der Waals surface area (Å²) >= 11 is 18.3. The van der Waals surface area contributed by atoms with Crippen LogP contribution in [0.1, 0.15) is 0 Å². The number of benzene rings is 2. The van der Waals surface area contributed by atoms with E-state index in [9.17, 15) is 0 Å². The summed E-state index contributed by atoms with van der Waals surface area (Å²) in [5.74, 6) is 0. The molecule has 2 nitrogen and oxygen atoms in total. The maximum absolute atomic E-state index is 6.19. The van der Waals surface area contributed by atoms with Crippen molar-refractivity contribution in [3.63, 3.8) is 0 Å². The normalized spacial score (nSPS) is 10.8. The van der Waals surface area contributed by atoms with Crippen molar-refractivity contribution < 1.29 is 0 Å². The third-order valence-corrected chi connectivity index (χ3v) is 3.66. The molecule has 0 aliphatic rings. The number of nitrogens with zero attached hydrogens (tertiary/aromatic N) is 2. The number of hydrogen-bond acceptors (Lipinski definition) is 1. The fourth-order valence-electron chi connectivity index (χ4n) is 1.96. The van der Waals surface area contributed by atoms with Gasteiger partial charge in [-0.1, -0.05) is 65.1 Å². The van der Waals surface area contributed by atoms with E-state index in [1.807, 2.05) is 42.6 Å². The summed E-state index contributed by atoms with van der Waals surface area (Å²) in [5, 5.41) is 5.93. The van der Waals surface area contributed by atoms with Gasteiger partial charge in [0.05, 0.1) is 15.7 Å². The molecule has 3 aromatic rings. The van der Waals surface area contributed by atoms with E-state index < -0.39 is 0 Å². The zero-order valence-electron chi connectivity index (χ0n) is 10.2. The molecule has 1 aromatic heterocycles. The highest BCUT2D eigenvalue weighted by molar-refractivity contribution is 6.40. The standard InChI is InChI=1S/C15H9Cl3N2/c16-11-8-12(17)15(13(18)9-11)20-7-6-14(19-20)10-4-2-1-3-5-10/h1-9H. The number of rotatable bonds is 2. The van der Waals surface area contributed by atoms with Crippen LogP contribution >= 0.6 is 34.8 Å². The SMILES string of the molecule is Clc1cc(Cl)c(-n2ccc(-c3ccccc3)n2)c(Cl)c1. The minimum absolute atomic E-state index is 0.463. The molecule has 0 aliphatic carbocycles. The molecule has 0 aliphatic heterocycles. The molecular formula is C15H9Cl3N2. The Morgan fingerprint density at radius 1 is 0.850 bits per heavy atom. The van der Waals surface area contributed by atoms with Crippen molar-refractivity contribution in [3.8, 4) is 16.9 Å². The van der Waals surface area contributed by atoms with E-state index in [2.05, 4.69) is 5.10 Å². The maximum Gasteiger partial charge on any atom is 0.102 e. The number of aromatic nitrogens is 2. The largest absolute Gasteiger partial charge is 0.237 e. The Kier molecular flexibility index (Phi) is 3.70. The highest BCUT2D eigenvalue weighted by atomic mass is 35.5. The van der Waals surface area contributed by atoms with Gasteiger partial charge < -0.3 is 0 Å². The van der Waals surface area contributed by atoms with Gasteiger partial charge in [-0.2, -0.15) is 5.10 Å². The van der Waals surface area contributed by atoms with Crippen LogP contribution in [-0.4, -0.2) is 9.78 Å². The summed E-state index contributed by atoms with van der Waals surface area (Å²) in [6, 6.07) is 15.1. The van der Waals surface area contributed by atoms with Gasteiger partial charge in [-0.3, -0.25) is 0 Å². The van der Waals surface area contributed by atoms with Crippen molar-refractivity contribution in [2.45, 2.75) is 0 Å². The third kappa shape index (κ3) is 2.55. The quantitative estimate of drug-likeness (QED) is 0.609. The molecule has 20 heavy (non-hydrogen) atoms. The van der Waals surface area contributed by atoms with Gasteiger partial charge in [0.25, 0.3) is 0 Å². The first-order chi connectivity index (χ1) is 9.65. The molecular weight excluding hydrogens is 315 g/mol. The smallest absolute Gasteiger partial charge is 0.102 e. The van der Waals surface area contributed by atoms with Crippen molar-refractivity contribution in [2.75, 3.05) is 0 Å². The average Bonchev–Trinajstić information content (AvgIpc) is 2.88. The van der Waals surface area contributed by atoms with Crippen molar-refractivity contribution in [3.05, 3.63) is 69.8 Å². The van der Waals surface area contributed by atoms with Crippen LogP contribution in [0.15, 0.2) is 54.7 Å². The summed E-state index contributed by atoms with van der Waals surface area (Å²) in [6.07, 6.45) is 1.82. The molecule has 5 heteroatoms. The van der Waals surface area contributed by atoms with Gasteiger partial charge in [0.2, 0.25) is 0 Å². The highest BCUT2D eigenvalue weighted by Crippen LogP contribution is 2.32. The van der Waals surface area contributed by atoms with Crippen LogP contribution in [0.3, 0.4) is 0 Å². The predicted octanol–water partition coefficient (Wildman–Crippen LogP) is 5.50. The topological polar surface area (TPSA) is 17.8 Å². The lowest BCUT2D eigenvalue weighted by Crippen LogP contribution is -1.97. The van der Waals surface area contributed by atoms with Crippen molar-refractivity contribution >= 4 is 34.8 Å². The first-order valence-electron chi connectivity index (χ1n) is 5.91. The molecule has 0 unspecified atom stereocenters. The molecule has 3 rings (SSSR count). The summed E-state index contributed by atoms with van der Waals surface area (Å²) in [6.45, 7) is 0. The van der Waals surface area contributed by atoms with Crippen LogP contribution < -0.4 is 0 Å². The van der Waals surface area contributed by atoms with Gasteiger partial charge in [-0.15, -0.1) is 0 Å². The lowest BCUT2D eigenvalue weighted by atomic mass is 10.2. The van der Waals surface area contributed by atoms with E-state index in [-0.39, 0.29) is 0 Å². The van der Waals surface area contributed by atoms with Crippen molar-refractivity contribution in [2.24, 2.45) is 0 Å². The van der Waals surface area contributed by atoms with E-state index >= 15 is 0 Å². The number of halogens is 3. The molecule has 100 valence electrons. The van der Waals surface area contributed by atoms with Crippen LogP contribution in [0.25, 0.3) is 16.9 Å². The predicted molar refractivity (Wildman–Crippen MR) is 84.0 cm³/mol. The zero-order chi connectivity index (χ0) is 14.1. The van der Waals surface area contributed by atoms with Crippen molar-refractivity contribution in [1.82, 2.24) is 9.78 Å². The fourth-order valence-corrected chi connectivity index (χ4v) is 2.95. The second-order valence-electron chi connectivity index (χ2n) is 4.23. The highest BCUT2D eigenvalue weighted by Gasteiger charge is 2.12. The molecule has 0 spiro atoms. The second kappa shape index (κ2) is 5.49. The molecule has 0 amide bonds. The van der Waals surface area contributed by atoms with E-state index in [1.54, 1.807) is 16.8 Å². The Balaban J connectivity index is 2.07. The third-order valence-electron chi connectivity index (χ3n) is 2.87. The molecule has 0 atom stereocenters. The number of hydrogen-bond donors (Lipinski definition) is 0. The lowest BCUT2D eigenvalue weighted by molar-refractivity contribution is 0.885. The monoisotopic (exact) mass is 322 g/mol. The van der Waals surface area contributed by atoms with E-state index in [0.717, 1.165) is 11.3 Å². The second-order valence-corrected chi connectivity index (χ2v) is 5.48. The summed E-state index contributed by atoms with van der Waals surface area (Å²) in [4.78, 5) is 0. The fraction of sp³-hybridized carbons (Fsp3) is 0. The van der Waals surface area contributed by atoms with Gasteiger partial charge in [0.15, 0.2) is 0 Å². The van der Waals surface area contributed by atoms with E-state index in [0.29, 0.717) is 20.8 Å². The molecule has 0 fully saturated rings. The summed E-state index contributed by atoms with van der Waals surface area (Å²) < 4.78 is 1.66. The molecule has 2 aromatic carbocycles. The molecule has 0 bridgehead atoms. The van der Waals surface area contributed by atoms with Crippen LogP contribution in [0.4, 0.5) is 0 Å². The first kappa shape index (κ1) is 13.5. The van der Waals surface area contributed by atoms with Gasteiger partial charge in [-0.25, -0.2) is 4.68 Å². The summed E-state index contributed by atoms with van der Waals surface area (Å²) in [7, 11) is 0. The zero-order valence-corrected chi connectivity index (χ0v) is 12.5. The van der Waals surface area contributed by atoms with Gasteiger partial charge >= 0.3 is 0 Å². The van der Waals surface area contributed by atoms with Crippen LogP contribution in [0, 0.1) is 0 Å². The molecule has 1 heterocycles. The Morgan fingerprint density at radius 3 is 2.15 bits per heavy atom. The van der Waals surface area contributed by atoms with Gasteiger partial charge in [0, 0.05) is 16.8 Å². The van der Waals surface area contributed by atoms with Gasteiger partial charge in [-0.05, 0) is 18.2 Å². The summed E-state index contributed by atoms with van der Waals surface area (Å²) in [5.41, 5.74) is 2.51. The van der Waals surface area contributed by atoms with E-state index in [1.165, 1.54) is 0 Å². The maximum atomic E-state index is 6.19. The molecule has 0 saturated heterocycles. The van der Waals surface area contributed by atoms with Crippen LogP contribution in [0.5, 0.6) is 0 Å². The molecule has 0 saturated carbocycles. The Bertz CT molecular complexity index is 728. The average molecular weight is 324 g/mol. The molecule has 0 N–H and O–H groups in total. The van der Waals surface area contributed by atoms with Crippen molar-refractivity contribution in [1.29, 1.82) is 0 Å². The lowest BCUT2D eigenvalue weighted by Gasteiger charge is -2.07. The van der Waals surface area contributed by atoms with Crippen LogP contribution in [-0.2, 0) is 0 Å². The van der Waals surface area contributed by atoms with E-state index in [4.69, 9.17) is 34.8 Å². The Morgan fingerprint density at radius 2 is 1.50 bits per heavy atom. The Labute approximate surface area is 131 Å². The minimum atomic E-state index is 0.463. The first-order valence-corrected chi connectivity index (χ1v) is 7.04.